The standard InChI is InChI=1S/C14H16F4O/c1-13(19,8-9-3-2-4-9)10-5-6-11(12(15)7-10)14(16,17)18/h5-7,9,19H,2-4,8H2,1H3. The summed E-state index contributed by atoms with van der Waals surface area (Å²) in [5, 5.41) is 10.3. The molecule has 5 heteroatoms. The molecule has 0 radical (unpaired) electrons. The molecule has 1 aromatic rings. The second kappa shape index (κ2) is 4.78. The zero-order chi connectivity index (χ0) is 14.3. The molecule has 2 rings (SSSR count). The molecule has 1 fully saturated rings. The lowest BCUT2D eigenvalue weighted by molar-refractivity contribution is -0.140. The van der Waals surface area contributed by atoms with Gasteiger partial charge in [0.1, 0.15) is 5.82 Å². The van der Waals surface area contributed by atoms with Crippen molar-refractivity contribution in [1.82, 2.24) is 0 Å². The predicted molar refractivity (Wildman–Crippen MR) is 62.9 cm³/mol. The molecule has 0 amide bonds. The molecule has 19 heavy (non-hydrogen) atoms. The van der Waals surface area contributed by atoms with E-state index >= 15 is 0 Å². The third-order valence-electron chi connectivity index (χ3n) is 3.81. The maximum absolute atomic E-state index is 13.5. The van der Waals surface area contributed by atoms with Crippen LogP contribution in [0.5, 0.6) is 0 Å². The third-order valence-corrected chi connectivity index (χ3v) is 3.81. The monoisotopic (exact) mass is 276 g/mol. The molecule has 0 saturated heterocycles. The fraction of sp³-hybridized carbons (Fsp3) is 0.571. The van der Waals surface area contributed by atoms with E-state index in [4.69, 9.17) is 0 Å². The summed E-state index contributed by atoms with van der Waals surface area (Å²) in [6, 6.07) is 2.64. The van der Waals surface area contributed by atoms with Crippen molar-refractivity contribution in [3.05, 3.63) is 35.1 Å². The Hall–Kier alpha value is -1.10. The number of benzene rings is 1. The molecule has 0 bridgehead atoms. The van der Waals surface area contributed by atoms with E-state index in [-0.39, 0.29) is 5.56 Å². The van der Waals surface area contributed by atoms with E-state index in [0.29, 0.717) is 18.4 Å². The fourth-order valence-electron chi connectivity index (χ4n) is 2.46. The molecule has 0 aliphatic heterocycles. The van der Waals surface area contributed by atoms with Crippen LogP contribution in [0.15, 0.2) is 18.2 Å². The Balaban J connectivity index is 2.23. The molecule has 1 nitrogen and oxygen atoms in total. The average Bonchev–Trinajstić information content (AvgIpc) is 2.22. The minimum absolute atomic E-state index is 0.199. The van der Waals surface area contributed by atoms with Gasteiger partial charge >= 0.3 is 6.18 Å². The summed E-state index contributed by atoms with van der Waals surface area (Å²) in [5.74, 6) is -0.959. The second-order valence-corrected chi connectivity index (χ2v) is 5.47. The summed E-state index contributed by atoms with van der Waals surface area (Å²) < 4.78 is 50.8. The number of aliphatic hydroxyl groups is 1. The van der Waals surface area contributed by atoms with Gasteiger partial charge in [0.2, 0.25) is 0 Å². The summed E-state index contributed by atoms with van der Waals surface area (Å²) >= 11 is 0. The molecule has 1 atom stereocenters. The Morgan fingerprint density at radius 1 is 1.26 bits per heavy atom. The van der Waals surface area contributed by atoms with Gasteiger partial charge in [-0.2, -0.15) is 13.2 Å². The first-order valence-electron chi connectivity index (χ1n) is 6.30. The highest BCUT2D eigenvalue weighted by molar-refractivity contribution is 5.30. The van der Waals surface area contributed by atoms with Gasteiger partial charge in [0.15, 0.2) is 0 Å². The largest absolute Gasteiger partial charge is 0.419 e. The maximum atomic E-state index is 13.5. The van der Waals surface area contributed by atoms with E-state index in [9.17, 15) is 22.7 Å². The van der Waals surface area contributed by atoms with E-state index < -0.39 is 23.2 Å². The summed E-state index contributed by atoms with van der Waals surface area (Å²) in [6.07, 6.45) is -1.11. The molecular weight excluding hydrogens is 260 g/mol. The zero-order valence-corrected chi connectivity index (χ0v) is 10.6. The second-order valence-electron chi connectivity index (χ2n) is 5.47. The fourth-order valence-corrected chi connectivity index (χ4v) is 2.46. The van der Waals surface area contributed by atoms with Crippen LogP contribution in [0.4, 0.5) is 17.6 Å². The Morgan fingerprint density at radius 2 is 1.89 bits per heavy atom. The lowest BCUT2D eigenvalue weighted by Gasteiger charge is -2.33. The highest BCUT2D eigenvalue weighted by atomic mass is 19.4. The van der Waals surface area contributed by atoms with Crippen LogP contribution in [0.1, 0.15) is 43.7 Å². The molecular formula is C14H16F4O. The smallest absolute Gasteiger partial charge is 0.385 e. The molecule has 1 N–H and O–H groups in total. The number of hydrogen-bond acceptors (Lipinski definition) is 1. The Labute approximate surface area is 109 Å². The first kappa shape index (κ1) is 14.3. The van der Waals surface area contributed by atoms with Crippen molar-refractivity contribution in [1.29, 1.82) is 0 Å². The summed E-state index contributed by atoms with van der Waals surface area (Å²) in [4.78, 5) is 0. The third kappa shape index (κ3) is 3.08. The van der Waals surface area contributed by atoms with Crippen LogP contribution in [0.25, 0.3) is 0 Å². The van der Waals surface area contributed by atoms with Crippen molar-refractivity contribution in [2.75, 3.05) is 0 Å². The number of alkyl halides is 3. The van der Waals surface area contributed by atoms with E-state index in [1.165, 1.54) is 6.92 Å². The van der Waals surface area contributed by atoms with E-state index in [1.54, 1.807) is 0 Å². The maximum Gasteiger partial charge on any atom is 0.419 e. The van der Waals surface area contributed by atoms with Gasteiger partial charge in [0, 0.05) is 0 Å². The van der Waals surface area contributed by atoms with Gasteiger partial charge in [-0.05, 0) is 37.0 Å². The highest BCUT2D eigenvalue weighted by Gasteiger charge is 2.36. The summed E-state index contributed by atoms with van der Waals surface area (Å²) in [5.41, 5.74) is -2.38. The Kier molecular flexibility index (Phi) is 3.60. The van der Waals surface area contributed by atoms with Crippen molar-refractivity contribution in [2.24, 2.45) is 5.92 Å². The van der Waals surface area contributed by atoms with Crippen molar-refractivity contribution >= 4 is 0 Å². The molecule has 0 aromatic heterocycles. The first-order chi connectivity index (χ1) is 8.70. The molecule has 106 valence electrons. The minimum atomic E-state index is -4.71. The van der Waals surface area contributed by atoms with Crippen LogP contribution in [0.2, 0.25) is 0 Å². The highest BCUT2D eigenvalue weighted by Crippen LogP contribution is 2.39. The topological polar surface area (TPSA) is 20.2 Å². The molecule has 0 spiro atoms. The molecule has 1 aliphatic carbocycles. The quantitative estimate of drug-likeness (QED) is 0.819. The normalized spacial score (nSPS) is 19.9. The van der Waals surface area contributed by atoms with Crippen molar-refractivity contribution in [3.63, 3.8) is 0 Å². The molecule has 1 unspecified atom stereocenters. The lowest BCUT2D eigenvalue weighted by Crippen LogP contribution is -2.28. The van der Waals surface area contributed by atoms with Crippen LogP contribution in [0, 0.1) is 11.7 Å². The van der Waals surface area contributed by atoms with Crippen LogP contribution < -0.4 is 0 Å². The van der Waals surface area contributed by atoms with Gasteiger partial charge in [-0.3, -0.25) is 0 Å². The summed E-state index contributed by atoms with van der Waals surface area (Å²) in [6.45, 7) is 1.52. The number of halogens is 4. The molecule has 0 heterocycles. The number of hydrogen-bond donors (Lipinski definition) is 1. The summed E-state index contributed by atoms with van der Waals surface area (Å²) in [7, 11) is 0. The van der Waals surface area contributed by atoms with Gasteiger partial charge in [0.25, 0.3) is 0 Å². The predicted octanol–water partition coefficient (Wildman–Crippen LogP) is 4.24. The van der Waals surface area contributed by atoms with Crippen LogP contribution >= 0.6 is 0 Å². The average molecular weight is 276 g/mol. The van der Waals surface area contributed by atoms with E-state index in [0.717, 1.165) is 31.4 Å². The minimum Gasteiger partial charge on any atom is -0.385 e. The number of rotatable bonds is 3. The van der Waals surface area contributed by atoms with Crippen LogP contribution in [0.3, 0.4) is 0 Å². The molecule has 1 aromatic carbocycles. The van der Waals surface area contributed by atoms with Crippen LogP contribution in [-0.2, 0) is 11.8 Å². The van der Waals surface area contributed by atoms with Gasteiger partial charge < -0.3 is 5.11 Å². The molecule has 1 saturated carbocycles. The molecule has 1 aliphatic rings. The van der Waals surface area contributed by atoms with Crippen LogP contribution in [-0.4, -0.2) is 5.11 Å². The Bertz CT molecular complexity index is 461. The van der Waals surface area contributed by atoms with Gasteiger partial charge in [-0.1, -0.05) is 25.3 Å². The van der Waals surface area contributed by atoms with E-state index in [1.807, 2.05) is 0 Å². The first-order valence-corrected chi connectivity index (χ1v) is 6.30. The van der Waals surface area contributed by atoms with Gasteiger partial charge in [-0.15, -0.1) is 0 Å². The van der Waals surface area contributed by atoms with Gasteiger partial charge in [0.05, 0.1) is 11.2 Å². The van der Waals surface area contributed by atoms with Crippen molar-refractivity contribution < 1.29 is 22.7 Å². The SMILES string of the molecule is CC(O)(CC1CCC1)c1ccc(C(F)(F)F)c(F)c1. The lowest BCUT2D eigenvalue weighted by atomic mass is 9.75. The van der Waals surface area contributed by atoms with Crippen molar-refractivity contribution in [2.45, 2.75) is 44.4 Å². The van der Waals surface area contributed by atoms with Crippen molar-refractivity contribution in [3.8, 4) is 0 Å². The Morgan fingerprint density at radius 3 is 2.32 bits per heavy atom. The van der Waals surface area contributed by atoms with E-state index in [2.05, 4.69) is 0 Å². The zero-order valence-electron chi connectivity index (χ0n) is 10.6. The van der Waals surface area contributed by atoms with Gasteiger partial charge in [-0.25, -0.2) is 4.39 Å².